The number of carboxylic acids is 1. The second-order valence-electron chi connectivity index (χ2n) is 4.83. The van der Waals surface area contributed by atoms with Crippen LogP contribution in [-0.2, 0) is 21.4 Å². The van der Waals surface area contributed by atoms with Gasteiger partial charge in [0.05, 0.1) is 6.54 Å². The highest BCUT2D eigenvalue weighted by Crippen LogP contribution is 2.21. The van der Waals surface area contributed by atoms with Crippen molar-refractivity contribution >= 4 is 16.0 Å². The van der Waals surface area contributed by atoms with E-state index < -0.39 is 21.4 Å². The molecule has 2 rings (SSSR count). The van der Waals surface area contributed by atoms with Gasteiger partial charge in [0.15, 0.2) is 0 Å². The number of carbonyl (C=O) groups is 1. The molecule has 0 aliphatic carbocycles. The summed E-state index contributed by atoms with van der Waals surface area (Å²) in [5, 5.41) is 8.00. The van der Waals surface area contributed by atoms with E-state index in [0.717, 1.165) is 5.56 Å². The van der Waals surface area contributed by atoms with Crippen molar-refractivity contribution < 1.29 is 18.3 Å². The van der Waals surface area contributed by atoms with Crippen LogP contribution in [0.3, 0.4) is 0 Å². The number of hydrogen-bond donors (Lipinski definition) is 1. The van der Waals surface area contributed by atoms with Crippen LogP contribution in [0.15, 0.2) is 30.3 Å². The Morgan fingerprint density at radius 3 is 2.55 bits per heavy atom. The van der Waals surface area contributed by atoms with E-state index in [1.165, 1.54) is 16.1 Å². The fourth-order valence-corrected chi connectivity index (χ4v) is 3.94. The highest BCUT2D eigenvalue weighted by atomic mass is 32.2. The van der Waals surface area contributed by atoms with E-state index in [1.54, 1.807) is 0 Å². The second-order valence-corrected chi connectivity index (χ2v) is 7.06. The lowest BCUT2D eigenvalue weighted by Crippen LogP contribution is -2.55. The molecule has 20 heavy (non-hydrogen) atoms. The molecule has 0 bridgehead atoms. The predicted molar refractivity (Wildman–Crippen MR) is 74.4 cm³/mol. The van der Waals surface area contributed by atoms with Crippen molar-refractivity contribution in [2.45, 2.75) is 18.8 Å². The monoisotopic (exact) mass is 298 g/mol. The van der Waals surface area contributed by atoms with Crippen LogP contribution in [0.1, 0.15) is 12.5 Å². The molecular formula is C13H18N2O4S. The largest absolute Gasteiger partial charge is 0.480 e. The van der Waals surface area contributed by atoms with Gasteiger partial charge in [-0.25, -0.2) is 8.42 Å². The van der Waals surface area contributed by atoms with Crippen molar-refractivity contribution in [3.63, 3.8) is 0 Å². The average molecular weight is 298 g/mol. The number of sulfonamides is 1. The summed E-state index contributed by atoms with van der Waals surface area (Å²) >= 11 is 0. The summed E-state index contributed by atoms with van der Waals surface area (Å²) in [6.45, 7) is 2.36. The van der Waals surface area contributed by atoms with Crippen LogP contribution < -0.4 is 0 Å². The summed E-state index contributed by atoms with van der Waals surface area (Å²) in [7, 11) is -3.50. The van der Waals surface area contributed by atoms with Gasteiger partial charge in [0.1, 0.15) is 5.37 Å². The Morgan fingerprint density at radius 1 is 1.30 bits per heavy atom. The average Bonchev–Trinajstić information content (AvgIpc) is 2.40. The molecule has 0 aromatic heterocycles. The third-order valence-electron chi connectivity index (χ3n) is 3.48. The number of aliphatic carboxylic acids is 1. The first-order valence-electron chi connectivity index (χ1n) is 6.40. The van der Waals surface area contributed by atoms with Crippen molar-refractivity contribution in [2.75, 3.05) is 19.6 Å². The number of benzene rings is 1. The van der Waals surface area contributed by atoms with Crippen molar-refractivity contribution in [1.29, 1.82) is 0 Å². The molecule has 1 fully saturated rings. The molecule has 0 radical (unpaired) electrons. The number of nitrogens with zero attached hydrogens (tertiary/aromatic N) is 2. The smallest absolute Gasteiger partial charge is 0.317 e. The maximum Gasteiger partial charge on any atom is 0.317 e. The highest BCUT2D eigenvalue weighted by Gasteiger charge is 2.38. The lowest BCUT2D eigenvalue weighted by molar-refractivity contribution is -0.138. The molecular weight excluding hydrogens is 280 g/mol. The predicted octanol–water partition coefficient (Wildman–Crippen LogP) is 0.565. The van der Waals surface area contributed by atoms with E-state index in [0.29, 0.717) is 19.6 Å². The van der Waals surface area contributed by atoms with E-state index in [-0.39, 0.29) is 6.54 Å². The second kappa shape index (κ2) is 5.90. The lowest BCUT2D eigenvalue weighted by Gasteiger charge is -2.38. The van der Waals surface area contributed by atoms with Gasteiger partial charge in [0.25, 0.3) is 0 Å². The van der Waals surface area contributed by atoms with Crippen LogP contribution in [-0.4, -0.2) is 53.7 Å². The fourth-order valence-electron chi connectivity index (χ4n) is 2.29. The maximum atomic E-state index is 12.4. The summed E-state index contributed by atoms with van der Waals surface area (Å²) in [4.78, 5) is 12.2. The van der Waals surface area contributed by atoms with Gasteiger partial charge < -0.3 is 5.11 Å². The zero-order chi connectivity index (χ0) is 14.8. The Balaban J connectivity index is 2.12. The molecule has 0 spiro atoms. The molecule has 1 aromatic carbocycles. The molecule has 1 saturated heterocycles. The zero-order valence-electron chi connectivity index (χ0n) is 11.3. The molecule has 7 heteroatoms. The van der Waals surface area contributed by atoms with Gasteiger partial charge >= 0.3 is 5.97 Å². The van der Waals surface area contributed by atoms with E-state index in [4.69, 9.17) is 5.11 Å². The first-order chi connectivity index (χ1) is 9.41. The first kappa shape index (κ1) is 15.0. The summed E-state index contributed by atoms with van der Waals surface area (Å²) < 4.78 is 26.2. The van der Waals surface area contributed by atoms with Crippen LogP contribution >= 0.6 is 0 Å². The SMILES string of the molecule is C[C@@H]1N(CC(=O)O)CCN(Cc2ccccc2)S1(=O)=O. The third kappa shape index (κ3) is 3.17. The van der Waals surface area contributed by atoms with Crippen molar-refractivity contribution in [2.24, 2.45) is 0 Å². The van der Waals surface area contributed by atoms with Gasteiger partial charge in [-0.05, 0) is 12.5 Å². The minimum Gasteiger partial charge on any atom is -0.480 e. The Hall–Kier alpha value is -1.44. The van der Waals surface area contributed by atoms with Crippen LogP contribution in [0.25, 0.3) is 0 Å². The van der Waals surface area contributed by atoms with Gasteiger partial charge in [-0.2, -0.15) is 4.31 Å². The summed E-state index contributed by atoms with van der Waals surface area (Å²) in [5.41, 5.74) is 0.926. The van der Waals surface area contributed by atoms with E-state index >= 15 is 0 Å². The molecule has 6 nitrogen and oxygen atoms in total. The van der Waals surface area contributed by atoms with E-state index in [9.17, 15) is 13.2 Å². The van der Waals surface area contributed by atoms with Crippen molar-refractivity contribution in [3.8, 4) is 0 Å². The molecule has 1 aromatic rings. The molecule has 0 amide bonds. The Kier molecular flexibility index (Phi) is 4.42. The molecule has 0 saturated carbocycles. The number of hydrogen-bond acceptors (Lipinski definition) is 4. The number of carboxylic acid groups (broad SMARTS) is 1. The van der Waals surface area contributed by atoms with Crippen molar-refractivity contribution in [1.82, 2.24) is 9.21 Å². The third-order valence-corrected chi connectivity index (χ3v) is 5.67. The summed E-state index contributed by atoms with van der Waals surface area (Å²) in [6, 6.07) is 9.37. The Labute approximate surface area is 118 Å². The van der Waals surface area contributed by atoms with Crippen LogP contribution in [0.4, 0.5) is 0 Å². The minimum atomic E-state index is -3.50. The number of rotatable bonds is 4. The molecule has 1 atom stereocenters. The fraction of sp³-hybridized carbons (Fsp3) is 0.462. The Morgan fingerprint density at radius 2 is 1.95 bits per heavy atom. The van der Waals surface area contributed by atoms with Gasteiger partial charge in [0, 0.05) is 19.6 Å². The van der Waals surface area contributed by atoms with Crippen LogP contribution in [0.5, 0.6) is 0 Å². The molecule has 0 unspecified atom stereocenters. The summed E-state index contributed by atoms with van der Waals surface area (Å²) in [6.07, 6.45) is 0. The maximum absolute atomic E-state index is 12.4. The molecule has 110 valence electrons. The molecule has 1 aliphatic rings. The van der Waals surface area contributed by atoms with Gasteiger partial charge in [-0.15, -0.1) is 0 Å². The first-order valence-corrected chi connectivity index (χ1v) is 7.90. The standard InChI is InChI=1S/C13H18N2O4S/c1-11-14(10-13(16)17)7-8-15(20(11,18)19)9-12-5-3-2-4-6-12/h2-6,11H,7-10H2,1H3,(H,16,17)/t11-/m1/s1. The van der Waals surface area contributed by atoms with E-state index in [2.05, 4.69) is 0 Å². The molecule has 1 heterocycles. The molecule has 1 N–H and O–H groups in total. The Bertz CT molecular complexity index is 573. The topological polar surface area (TPSA) is 77.9 Å². The lowest BCUT2D eigenvalue weighted by atomic mass is 10.2. The molecule has 1 aliphatic heterocycles. The van der Waals surface area contributed by atoms with Crippen molar-refractivity contribution in [3.05, 3.63) is 35.9 Å². The summed E-state index contributed by atoms with van der Waals surface area (Å²) in [5.74, 6) is -1.01. The minimum absolute atomic E-state index is 0.250. The van der Waals surface area contributed by atoms with Crippen LogP contribution in [0, 0.1) is 0 Å². The quantitative estimate of drug-likeness (QED) is 0.879. The van der Waals surface area contributed by atoms with E-state index in [1.807, 2.05) is 30.3 Å². The van der Waals surface area contributed by atoms with Gasteiger partial charge in [-0.3, -0.25) is 9.69 Å². The highest BCUT2D eigenvalue weighted by molar-refractivity contribution is 7.89. The zero-order valence-corrected chi connectivity index (χ0v) is 12.1. The van der Waals surface area contributed by atoms with Crippen LogP contribution in [0.2, 0.25) is 0 Å². The van der Waals surface area contributed by atoms with Gasteiger partial charge in [-0.1, -0.05) is 30.3 Å². The van der Waals surface area contributed by atoms with Gasteiger partial charge in [0.2, 0.25) is 10.0 Å². The normalized spacial score (nSPS) is 23.6.